The van der Waals surface area contributed by atoms with Crippen molar-refractivity contribution in [3.63, 3.8) is 0 Å². The summed E-state index contributed by atoms with van der Waals surface area (Å²) in [5.74, 6) is 0.443. The monoisotopic (exact) mass is 317 g/mol. The Kier molecular flexibility index (Phi) is 6.00. The predicted molar refractivity (Wildman–Crippen MR) is 82.2 cm³/mol. The number of rotatable bonds is 6. The number of sulfonamides is 1. The molecule has 8 heteroatoms. The Bertz CT molecular complexity index is 588. The fourth-order valence-electron chi connectivity index (χ4n) is 1.51. The number of nitrogens with two attached hydrogens (primary N) is 2. The van der Waals surface area contributed by atoms with E-state index in [1.54, 1.807) is 24.8 Å². The lowest BCUT2D eigenvalue weighted by Crippen LogP contribution is -2.36. The van der Waals surface area contributed by atoms with Crippen molar-refractivity contribution in [1.29, 1.82) is 0 Å². The molecule has 1 atom stereocenters. The Balaban J connectivity index is 2.89. The Morgan fingerprint density at radius 2 is 2.10 bits per heavy atom. The SMILES string of the molecule is CSCC[C@@H](N)C(=O)Nc1cc(S(N)(=O)=O)ccc1C. The molecular weight excluding hydrogens is 298 g/mol. The summed E-state index contributed by atoms with van der Waals surface area (Å²) < 4.78 is 22.6. The Morgan fingerprint density at radius 1 is 1.45 bits per heavy atom. The average Bonchev–Trinajstić information content (AvgIpc) is 2.37. The molecule has 0 aliphatic carbocycles. The number of carbonyl (C=O) groups excluding carboxylic acids is 1. The highest BCUT2D eigenvalue weighted by Crippen LogP contribution is 2.19. The molecule has 0 spiro atoms. The van der Waals surface area contributed by atoms with Gasteiger partial charge in [-0.25, -0.2) is 13.6 Å². The lowest BCUT2D eigenvalue weighted by atomic mass is 10.1. The van der Waals surface area contributed by atoms with Crippen LogP contribution in [0.3, 0.4) is 0 Å². The minimum atomic E-state index is -3.80. The second-order valence-electron chi connectivity index (χ2n) is 4.40. The van der Waals surface area contributed by atoms with Gasteiger partial charge in [-0.3, -0.25) is 4.79 Å². The van der Waals surface area contributed by atoms with Crippen molar-refractivity contribution in [1.82, 2.24) is 0 Å². The van der Waals surface area contributed by atoms with Crippen molar-refractivity contribution in [2.45, 2.75) is 24.3 Å². The standard InChI is InChI=1S/C12H19N3O3S2/c1-8-3-4-9(20(14,17)18)7-11(8)15-12(16)10(13)5-6-19-2/h3-4,7,10H,5-6,13H2,1-2H3,(H,15,16)(H2,14,17,18)/t10-/m1/s1. The van der Waals surface area contributed by atoms with Gasteiger partial charge in [0.15, 0.2) is 0 Å². The van der Waals surface area contributed by atoms with Gasteiger partial charge in [-0.1, -0.05) is 6.07 Å². The van der Waals surface area contributed by atoms with Crippen molar-refractivity contribution < 1.29 is 13.2 Å². The summed E-state index contributed by atoms with van der Waals surface area (Å²) in [7, 11) is -3.80. The number of hydrogen-bond acceptors (Lipinski definition) is 5. The molecule has 1 amide bonds. The minimum absolute atomic E-state index is 0.0453. The zero-order valence-corrected chi connectivity index (χ0v) is 13.1. The van der Waals surface area contributed by atoms with Crippen LogP contribution in [0.5, 0.6) is 0 Å². The summed E-state index contributed by atoms with van der Waals surface area (Å²) in [6.07, 6.45) is 2.49. The third-order valence-electron chi connectivity index (χ3n) is 2.77. The Labute approximate surface area is 123 Å². The van der Waals surface area contributed by atoms with E-state index in [2.05, 4.69) is 5.32 Å². The van der Waals surface area contributed by atoms with E-state index in [1.165, 1.54) is 12.1 Å². The normalized spacial score (nSPS) is 13.0. The summed E-state index contributed by atoms with van der Waals surface area (Å²) in [4.78, 5) is 11.9. The molecule has 1 aromatic rings. The van der Waals surface area contributed by atoms with Gasteiger partial charge in [0.05, 0.1) is 10.9 Å². The molecule has 112 valence electrons. The van der Waals surface area contributed by atoms with Gasteiger partial charge in [-0.05, 0) is 43.0 Å². The summed E-state index contributed by atoms with van der Waals surface area (Å²) in [6, 6.07) is 3.70. The van der Waals surface area contributed by atoms with Crippen LogP contribution in [-0.4, -0.2) is 32.4 Å². The van der Waals surface area contributed by atoms with Crippen LogP contribution in [0.2, 0.25) is 0 Å². The Morgan fingerprint density at radius 3 is 2.65 bits per heavy atom. The van der Waals surface area contributed by atoms with Gasteiger partial charge < -0.3 is 11.1 Å². The van der Waals surface area contributed by atoms with E-state index >= 15 is 0 Å². The first kappa shape index (κ1) is 17.0. The van der Waals surface area contributed by atoms with E-state index in [9.17, 15) is 13.2 Å². The maximum Gasteiger partial charge on any atom is 0.241 e. The molecule has 0 saturated heterocycles. The molecule has 0 aliphatic heterocycles. The van der Waals surface area contributed by atoms with Crippen molar-refractivity contribution in [3.05, 3.63) is 23.8 Å². The van der Waals surface area contributed by atoms with Crippen molar-refractivity contribution in [2.75, 3.05) is 17.3 Å². The summed E-state index contributed by atoms with van der Waals surface area (Å²) >= 11 is 1.61. The second-order valence-corrected chi connectivity index (χ2v) is 6.95. The molecule has 0 aliphatic rings. The molecule has 0 saturated carbocycles. The first-order chi connectivity index (χ1) is 9.25. The van der Waals surface area contributed by atoms with E-state index in [4.69, 9.17) is 10.9 Å². The second kappa shape index (κ2) is 7.07. The number of benzene rings is 1. The molecule has 0 aromatic heterocycles. The number of hydrogen-bond donors (Lipinski definition) is 3. The quantitative estimate of drug-likeness (QED) is 0.713. The number of amides is 1. The molecule has 0 unspecified atom stereocenters. The molecule has 0 radical (unpaired) electrons. The first-order valence-corrected chi connectivity index (χ1v) is 8.88. The van der Waals surface area contributed by atoms with E-state index in [0.29, 0.717) is 12.1 Å². The summed E-state index contributed by atoms with van der Waals surface area (Å²) in [6.45, 7) is 1.76. The fourth-order valence-corrected chi connectivity index (χ4v) is 2.54. The maximum absolute atomic E-state index is 11.9. The fraction of sp³-hybridized carbons (Fsp3) is 0.417. The van der Waals surface area contributed by atoms with Gasteiger partial charge >= 0.3 is 0 Å². The van der Waals surface area contributed by atoms with Crippen LogP contribution in [-0.2, 0) is 14.8 Å². The Hall–Kier alpha value is -1.09. The number of primary sulfonamides is 1. The van der Waals surface area contributed by atoms with Crippen molar-refractivity contribution in [3.8, 4) is 0 Å². The van der Waals surface area contributed by atoms with Crippen LogP contribution in [0.1, 0.15) is 12.0 Å². The highest BCUT2D eigenvalue weighted by Gasteiger charge is 2.16. The number of nitrogens with one attached hydrogen (secondary N) is 1. The highest BCUT2D eigenvalue weighted by molar-refractivity contribution is 7.98. The zero-order valence-electron chi connectivity index (χ0n) is 11.4. The molecular formula is C12H19N3O3S2. The summed E-state index contributed by atoms with van der Waals surface area (Å²) in [5.41, 5.74) is 6.90. The molecule has 1 aromatic carbocycles. The van der Waals surface area contributed by atoms with E-state index in [-0.39, 0.29) is 10.8 Å². The first-order valence-electron chi connectivity index (χ1n) is 5.94. The van der Waals surface area contributed by atoms with Crippen molar-refractivity contribution >= 4 is 33.4 Å². The number of anilines is 1. The van der Waals surface area contributed by atoms with Gasteiger partial charge in [0, 0.05) is 5.69 Å². The summed E-state index contributed by atoms with van der Waals surface area (Å²) in [5, 5.41) is 7.70. The molecule has 20 heavy (non-hydrogen) atoms. The molecule has 6 nitrogen and oxygen atoms in total. The highest BCUT2D eigenvalue weighted by atomic mass is 32.2. The van der Waals surface area contributed by atoms with Crippen LogP contribution in [0, 0.1) is 6.92 Å². The number of aryl methyl sites for hydroxylation is 1. The van der Waals surface area contributed by atoms with Gasteiger partial charge in [-0.15, -0.1) is 0 Å². The smallest absolute Gasteiger partial charge is 0.241 e. The molecule has 1 rings (SSSR count). The molecule has 5 N–H and O–H groups in total. The average molecular weight is 317 g/mol. The largest absolute Gasteiger partial charge is 0.324 e. The van der Waals surface area contributed by atoms with Crippen LogP contribution < -0.4 is 16.2 Å². The molecule has 0 bridgehead atoms. The van der Waals surface area contributed by atoms with Crippen LogP contribution in [0.15, 0.2) is 23.1 Å². The molecule has 0 heterocycles. The van der Waals surface area contributed by atoms with Gasteiger partial charge in [-0.2, -0.15) is 11.8 Å². The van der Waals surface area contributed by atoms with E-state index < -0.39 is 16.1 Å². The van der Waals surface area contributed by atoms with E-state index in [0.717, 1.165) is 11.3 Å². The lowest BCUT2D eigenvalue weighted by molar-refractivity contribution is -0.117. The van der Waals surface area contributed by atoms with Crippen molar-refractivity contribution in [2.24, 2.45) is 10.9 Å². The van der Waals surface area contributed by atoms with Gasteiger partial charge in [0.25, 0.3) is 0 Å². The van der Waals surface area contributed by atoms with Crippen LogP contribution in [0.4, 0.5) is 5.69 Å². The third kappa shape index (κ3) is 4.78. The number of carbonyl (C=O) groups is 1. The zero-order chi connectivity index (χ0) is 15.3. The van der Waals surface area contributed by atoms with Crippen LogP contribution in [0.25, 0.3) is 0 Å². The maximum atomic E-state index is 11.9. The van der Waals surface area contributed by atoms with Gasteiger partial charge in [0.1, 0.15) is 0 Å². The predicted octanol–water partition coefficient (Wildman–Crippen LogP) is 0.661. The van der Waals surface area contributed by atoms with Gasteiger partial charge in [0.2, 0.25) is 15.9 Å². The lowest BCUT2D eigenvalue weighted by Gasteiger charge is -2.14. The molecule has 0 fully saturated rings. The topological polar surface area (TPSA) is 115 Å². The van der Waals surface area contributed by atoms with Crippen LogP contribution >= 0.6 is 11.8 Å². The third-order valence-corrected chi connectivity index (χ3v) is 4.32. The van der Waals surface area contributed by atoms with E-state index in [1.807, 2.05) is 6.26 Å². The minimum Gasteiger partial charge on any atom is -0.324 e. The number of thioether (sulfide) groups is 1.